The fraction of sp³-hybridized carbons (Fsp3) is 0.515. The molecule has 3 aromatic rings. The average Bonchev–Trinajstić information content (AvgIpc) is 3.32. The highest BCUT2D eigenvalue weighted by molar-refractivity contribution is 7.07. The minimum atomic E-state index is -0.413. The van der Waals surface area contributed by atoms with E-state index >= 15 is 0 Å². The van der Waals surface area contributed by atoms with Crippen LogP contribution in [0, 0.1) is 12.7 Å². The van der Waals surface area contributed by atoms with E-state index in [-0.39, 0.29) is 35.1 Å². The smallest absolute Gasteiger partial charge is 0.228 e. The van der Waals surface area contributed by atoms with Gasteiger partial charge in [0.15, 0.2) is 23.8 Å². The molecule has 40 heavy (non-hydrogen) atoms. The standard InChI is InChI=1S/C33H45FN2O2S.BrH/c1-3-4-5-6-7-8-9-10-11-12-13-14-21-38-33-29(18-16-20-31(33)34)23-32(37)35-30-19-15-17-28(22-30)24-36-26-39-25-27(36)2;/h15-20,22,25-26H,3-14,21,23-24H2,1-2H3;1H. The Hall–Kier alpha value is -2.25. The van der Waals surface area contributed by atoms with Crippen LogP contribution in [0.15, 0.2) is 53.4 Å². The van der Waals surface area contributed by atoms with E-state index in [0.717, 1.165) is 30.6 Å². The number of rotatable bonds is 19. The largest absolute Gasteiger partial charge is 1.00 e. The van der Waals surface area contributed by atoms with Gasteiger partial charge in [-0.05, 0) is 24.6 Å². The van der Waals surface area contributed by atoms with Crippen molar-refractivity contribution in [2.45, 2.75) is 104 Å². The molecule has 7 heteroatoms. The van der Waals surface area contributed by atoms with Gasteiger partial charge in [0.25, 0.3) is 0 Å². The zero-order chi connectivity index (χ0) is 27.7. The van der Waals surface area contributed by atoms with E-state index in [1.54, 1.807) is 23.5 Å². The van der Waals surface area contributed by atoms with Gasteiger partial charge in [0.2, 0.25) is 11.4 Å². The predicted octanol–water partition coefficient (Wildman–Crippen LogP) is 5.80. The van der Waals surface area contributed by atoms with Crippen molar-refractivity contribution in [2.24, 2.45) is 0 Å². The van der Waals surface area contributed by atoms with Gasteiger partial charge < -0.3 is 27.0 Å². The first-order valence-electron chi connectivity index (χ1n) is 14.8. The van der Waals surface area contributed by atoms with Crippen molar-refractivity contribution in [3.8, 4) is 5.75 Å². The number of anilines is 1. The Bertz CT molecular complexity index is 1140. The lowest BCUT2D eigenvalue weighted by Gasteiger charge is -2.13. The molecular weight excluding hydrogens is 587 g/mol. The van der Waals surface area contributed by atoms with E-state index in [0.29, 0.717) is 12.2 Å². The van der Waals surface area contributed by atoms with E-state index in [9.17, 15) is 9.18 Å². The van der Waals surface area contributed by atoms with Gasteiger partial charge in [-0.2, -0.15) is 4.57 Å². The fourth-order valence-corrected chi connectivity index (χ4v) is 5.59. The van der Waals surface area contributed by atoms with E-state index in [1.807, 2.05) is 24.3 Å². The van der Waals surface area contributed by atoms with Gasteiger partial charge >= 0.3 is 0 Å². The van der Waals surface area contributed by atoms with Crippen LogP contribution >= 0.6 is 11.3 Å². The van der Waals surface area contributed by atoms with Crippen molar-refractivity contribution in [2.75, 3.05) is 11.9 Å². The first-order valence-corrected chi connectivity index (χ1v) is 15.7. The SMILES string of the molecule is CCCCCCCCCCCCCCOc1c(F)cccc1CC(=O)Nc1cccc(C[n+]2cscc2C)c1.[Br-]. The molecule has 0 atom stereocenters. The molecule has 1 heterocycles. The maximum atomic E-state index is 14.6. The molecule has 4 nitrogen and oxygen atoms in total. The van der Waals surface area contributed by atoms with Gasteiger partial charge in [0.1, 0.15) is 0 Å². The Morgan fingerprint density at radius 3 is 2.23 bits per heavy atom. The summed E-state index contributed by atoms with van der Waals surface area (Å²) in [5, 5.41) is 5.08. The summed E-state index contributed by atoms with van der Waals surface area (Å²) >= 11 is 1.67. The summed E-state index contributed by atoms with van der Waals surface area (Å²) in [7, 11) is 0. The van der Waals surface area contributed by atoms with E-state index in [2.05, 4.69) is 34.6 Å². The number of carbonyl (C=O) groups excluding carboxylic acids is 1. The second kappa shape index (κ2) is 19.8. The van der Waals surface area contributed by atoms with Crippen LogP contribution in [-0.4, -0.2) is 12.5 Å². The first kappa shape index (κ1) is 34.0. The highest BCUT2D eigenvalue weighted by Crippen LogP contribution is 2.24. The third-order valence-electron chi connectivity index (χ3n) is 7.09. The number of para-hydroxylation sites is 1. The molecular formula is C33H46BrFN2O2S. The number of aromatic nitrogens is 1. The van der Waals surface area contributed by atoms with Crippen molar-refractivity contribution < 1.29 is 35.5 Å². The summed E-state index contributed by atoms with van der Waals surface area (Å²) < 4.78 is 22.6. The number of carbonyl (C=O) groups is 1. The number of halogens is 2. The van der Waals surface area contributed by atoms with Gasteiger partial charge in [0.05, 0.1) is 18.4 Å². The molecule has 0 aliphatic heterocycles. The number of benzene rings is 2. The summed E-state index contributed by atoms with van der Waals surface area (Å²) in [6.07, 6.45) is 15.3. The number of aryl methyl sites for hydroxylation is 1. The Morgan fingerprint density at radius 2 is 1.57 bits per heavy atom. The maximum Gasteiger partial charge on any atom is 0.228 e. The number of hydrogen-bond acceptors (Lipinski definition) is 3. The Morgan fingerprint density at radius 1 is 0.925 bits per heavy atom. The van der Waals surface area contributed by atoms with E-state index in [4.69, 9.17) is 4.74 Å². The summed E-state index contributed by atoms with van der Waals surface area (Å²) in [4.78, 5) is 12.8. The minimum absolute atomic E-state index is 0. The fourth-order valence-electron chi connectivity index (χ4n) is 4.81. The molecule has 2 aromatic carbocycles. The zero-order valence-electron chi connectivity index (χ0n) is 24.2. The molecule has 0 unspecified atom stereocenters. The molecule has 0 aliphatic rings. The number of hydrogen-bond donors (Lipinski definition) is 1. The highest BCUT2D eigenvalue weighted by Gasteiger charge is 2.15. The molecule has 1 aromatic heterocycles. The minimum Gasteiger partial charge on any atom is -1.00 e. The molecule has 0 radical (unpaired) electrons. The first-order chi connectivity index (χ1) is 19.1. The quantitative estimate of drug-likeness (QED) is 0.134. The van der Waals surface area contributed by atoms with Crippen molar-refractivity contribution in [1.29, 1.82) is 0 Å². The third-order valence-corrected chi connectivity index (χ3v) is 7.94. The number of unbranched alkanes of at least 4 members (excludes halogenated alkanes) is 11. The van der Waals surface area contributed by atoms with Crippen molar-refractivity contribution in [3.63, 3.8) is 0 Å². The number of amides is 1. The van der Waals surface area contributed by atoms with Crippen LogP contribution in [-0.2, 0) is 17.8 Å². The highest BCUT2D eigenvalue weighted by atomic mass is 79.9. The number of nitrogens with one attached hydrogen (secondary N) is 1. The second-order valence-corrected chi connectivity index (χ2v) is 11.2. The van der Waals surface area contributed by atoms with Crippen molar-refractivity contribution in [3.05, 3.63) is 76.0 Å². The maximum absolute atomic E-state index is 14.6. The van der Waals surface area contributed by atoms with Crippen LogP contribution in [0.4, 0.5) is 10.1 Å². The summed E-state index contributed by atoms with van der Waals surface area (Å²) in [5.74, 6) is -0.398. The average molecular weight is 634 g/mol. The third kappa shape index (κ3) is 12.5. The predicted molar refractivity (Wildman–Crippen MR) is 160 cm³/mol. The summed E-state index contributed by atoms with van der Waals surface area (Å²) in [6.45, 7) is 5.56. The number of nitrogens with zero attached hydrogens (tertiary/aromatic N) is 1. The lowest BCUT2D eigenvalue weighted by atomic mass is 10.1. The van der Waals surface area contributed by atoms with E-state index < -0.39 is 5.82 Å². The summed E-state index contributed by atoms with van der Waals surface area (Å²) in [6, 6.07) is 12.7. The van der Waals surface area contributed by atoms with Crippen LogP contribution < -0.4 is 31.6 Å². The van der Waals surface area contributed by atoms with E-state index in [1.165, 1.54) is 76.0 Å². The monoisotopic (exact) mass is 632 g/mol. The second-order valence-electron chi connectivity index (χ2n) is 10.5. The lowest BCUT2D eigenvalue weighted by Crippen LogP contribution is -3.00. The molecule has 220 valence electrons. The Balaban J connectivity index is 0.00000560. The molecule has 0 aliphatic carbocycles. The lowest BCUT2D eigenvalue weighted by molar-refractivity contribution is -0.689. The number of ether oxygens (including phenoxy) is 1. The van der Waals surface area contributed by atoms with Gasteiger partial charge in [-0.15, -0.1) is 0 Å². The van der Waals surface area contributed by atoms with Gasteiger partial charge in [0, 0.05) is 23.7 Å². The van der Waals surface area contributed by atoms with Gasteiger partial charge in [-0.3, -0.25) is 4.79 Å². The molecule has 0 saturated carbocycles. The van der Waals surface area contributed by atoms with Crippen LogP contribution in [0.3, 0.4) is 0 Å². The molecule has 0 bridgehead atoms. The molecule has 1 amide bonds. The molecule has 1 N–H and O–H groups in total. The van der Waals surface area contributed by atoms with Crippen molar-refractivity contribution in [1.82, 2.24) is 0 Å². The Labute approximate surface area is 255 Å². The van der Waals surface area contributed by atoms with Crippen molar-refractivity contribution >= 4 is 22.9 Å². The molecule has 0 saturated heterocycles. The van der Waals surface area contributed by atoms with Crippen LogP contribution in [0.25, 0.3) is 0 Å². The van der Waals surface area contributed by atoms with Crippen LogP contribution in [0.1, 0.15) is 101 Å². The normalized spacial score (nSPS) is 10.8. The Kier molecular flexibility index (Phi) is 16.8. The topological polar surface area (TPSA) is 42.2 Å². The van der Waals surface area contributed by atoms with Gasteiger partial charge in [-0.1, -0.05) is 113 Å². The summed E-state index contributed by atoms with van der Waals surface area (Å²) in [5.41, 5.74) is 5.71. The van der Waals surface area contributed by atoms with Gasteiger partial charge in [-0.25, -0.2) is 4.39 Å². The molecule has 0 spiro atoms. The number of thiazole rings is 1. The molecule has 0 fully saturated rings. The molecule has 3 rings (SSSR count). The van der Waals surface area contributed by atoms with Crippen LogP contribution in [0.2, 0.25) is 0 Å². The zero-order valence-corrected chi connectivity index (χ0v) is 26.6. The van der Waals surface area contributed by atoms with Crippen LogP contribution in [0.5, 0.6) is 5.75 Å².